The molecular formula is C11H18N2S. The van der Waals surface area contributed by atoms with E-state index in [0.29, 0.717) is 0 Å². The molecule has 0 radical (unpaired) electrons. The molecule has 1 aromatic rings. The third-order valence-corrected chi connectivity index (χ3v) is 2.96. The summed E-state index contributed by atoms with van der Waals surface area (Å²) in [7, 11) is 1.95. The molecule has 0 saturated heterocycles. The van der Waals surface area contributed by atoms with Crippen molar-refractivity contribution in [3.05, 3.63) is 23.9 Å². The largest absolute Gasteiger partial charge is 0.316 e. The molecule has 0 unspecified atom stereocenters. The molecule has 1 aromatic heterocycles. The summed E-state index contributed by atoms with van der Waals surface area (Å²) < 4.78 is 0. The second kappa shape index (κ2) is 6.85. The Labute approximate surface area is 90.5 Å². The molecule has 0 aromatic carbocycles. The fourth-order valence-corrected chi connectivity index (χ4v) is 2.06. The fraction of sp³-hybridized carbons (Fsp3) is 0.545. The average Bonchev–Trinajstić information content (AvgIpc) is 2.21. The van der Waals surface area contributed by atoms with Crippen LogP contribution in [0.3, 0.4) is 0 Å². The minimum Gasteiger partial charge on any atom is -0.316 e. The molecule has 1 rings (SSSR count). The second-order valence-electron chi connectivity index (χ2n) is 3.24. The number of aromatic nitrogens is 1. The van der Waals surface area contributed by atoms with Crippen LogP contribution in [0, 0.1) is 0 Å². The van der Waals surface area contributed by atoms with Crippen molar-refractivity contribution >= 4 is 11.8 Å². The number of nitrogens with one attached hydrogen (secondary N) is 1. The van der Waals surface area contributed by atoms with Crippen molar-refractivity contribution in [2.24, 2.45) is 0 Å². The van der Waals surface area contributed by atoms with Gasteiger partial charge in [-0.3, -0.25) is 0 Å². The summed E-state index contributed by atoms with van der Waals surface area (Å²) in [6, 6.07) is 4.24. The van der Waals surface area contributed by atoms with Gasteiger partial charge in [-0.1, -0.05) is 19.4 Å². The van der Waals surface area contributed by atoms with Gasteiger partial charge in [-0.15, -0.1) is 11.8 Å². The van der Waals surface area contributed by atoms with E-state index in [0.717, 1.165) is 11.6 Å². The lowest BCUT2D eigenvalue weighted by atomic mass is 10.3. The molecule has 14 heavy (non-hydrogen) atoms. The molecule has 0 bridgehead atoms. The second-order valence-corrected chi connectivity index (χ2v) is 4.35. The lowest BCUT2D eigenvalue weighted by Crippen LogP contribution is -2.05. The smallest absolute Gasteiger partial charge is 0.0960 e. The van der Waals surface area contributed by atoms with Crippen LogP contribution in [0.4, 0.5) is 0 Å². The van der Waals surface area contributed by atoms with E-state index >= 15 is 0 Å². The first kappa shape index (κ1) is 11.5. The Morgan fingerprint density at radius 2 is 2.29 bits per heavy atom. The Bertz CT molecular complexity index is 246. The number of pyridine rings is 1. The van der Waals surface area contributed by atoms with Crippen molar-refractivity contribution in [3.63, 3.8) is 0 Å². The molecule has 2 nitrogen and oxygen atoms in total. The van der Waals surface area contributed by atoms with Crippen molar-refractivity contribution in [1.82, 2.24) is 10.3 Å². The van der Waals surface area contributed by atoms with E-state index in [4.69, 9.17) is 0 Å². The molecule has 0 atom stereocenters. The van der Waals surface area contributed by atoms with Crippen molar-refractivity contribution in [3.8, 4) is 0 Å². The van der Waals surface area contributed by atoms with Crippen molar-refractivity contribution in [2.45, 2.75) is 31.3 Å². The first-order chi connectivity index (χ1) is 6.86. The van der Waals surface area contributed by atoms with Crippen LogP contribution in [0.1, 0.15) is 25.3 Å². The molecular weight excluding hydrogens is 192 g/mol. The maximum atomic E-state index is 4.39. The molecule has 0 amide bonds. The maximum Gasteiger partial charge on any atom is 0.0960 e. The number of unbranched alkanes of at least 4 members (excludes halogenated alkanes) is 1. The SMILES string of the molecule is CCCCSc1ccc(CNC)cn1. The highest BCUT2D eigenvalue weighted by atomic mass is 32.2. The van der Waals surface area contributed by atoms with E-state index < -0.39 is 0 Å². The quantitative estimate of drug-likeness (QED) is 0.577. The molecule has 0 saturated carbocycles. The standard InChI is InChI=1S/C11H18N2S/c1-3-4-7-14-11-6-5-10(8-12-2)9-13-11/h5-6,9,12H,3-4,7-8H2,1-2H3. The topological polar surface area (TPSA) is 24.9 Å². The van der Waals surface area contributed by atoms with Gasteiger partial charge in [-0.2, -0.15) is 0 Å². The Balaban J connectivity index is 2.38. The van der Waals surface area contributed by atoms with Gasteiger partial charge in [-0.05, 0) is 30.9 Å². The van der Waals surface area contributed by atoms with E-state index in [1.807, 2.05) is 25.0 Å². The third-order valence-electron chi connectivity index (χ3n) is 1.93. The molecule has 78 valence electrons. The molecule has 1 N–H and O–H groups in total. The van der Waals surface area contributed by atoms with Crippen LogP contribution < -0.4 is 5.32 Å². The van der Waals surface area contributed by atoms with Gasteiger partial charge in [0.2, 0.25) is 0 Å². The molecule has 0 fully saturated rings. The molecule has 0 spiro atoms. The lowest BCUT2D eigenvalue weighted by Gasteiger charge is -2.02. The van der Waals surface area contributed by atoms with Gasteiger partial charge < -0.3 is 5.32 Å². The monoisotopic (exact) mass is 210 g/mol. The first-order valence-corrected chi connectivity index (χ1v) is 6.07. The zero-order valence-electron chi connectivity index (χ0n) is 8.92. The van der Waals surface area contributed by atoms with Gasteiger partial charge in [-0.25, -0.2) is 4.98 Å². The summed E-state index contributed by atoms with van der Waals surface area (Å²) in [6.07, 6.45) is 4.47. The van der Waals surface area contributed by atoms with Gasteiger partial charge in [0, 0.05) is 12.7 Å². The van der Waals surface area contributed by atoms with E-state index in [1.165, 1.54) is 24.2 Å². The number of thioether (sulfide) groups is 1. The van der Waals surface area contributed by atoms with Gasteiger partial charge >= 0.3 is 0 Å². The predicted molar refractivity (Wildman–Crippen MR) is 62.6 cm³/mol. The fourth-order valence-electron chi connectivity index (χ4n) is 1.13. The summed E-state index contributed by atoms with van der Waals surface area (Å²) >= 11 is 1.84. The lowest BCUT2D eigenvalue weighted by molar-refractivity contribution is 0.809. The molecule has 0 aliphatic rings. The predicted octanol–water partition coefficient (Wildman–Crippen LogP) is 2.69. The molecule has 0 aliphatic heterocycles. The zero-order chi connectivity index (χ0) is 10.2. The van der Waals surface area contributed by atoms with E-state index in [2.05, 4.69) is 29.4 Å². The highest BCUT2D eigenvalue weighted by molar-refractivity contribution is 7.99. The highest BCUT2D eigenvalue weighted by Crippen LogP contribution is 2.16. The average molecular weight is 210 g/mol. The van der Waals surface area contributed by atoms with Crippen LogP contribution in [-0.2, 0) is 6.54 Å². The number of nitrogens with zero attached hydrogens (tertiary/aromatic N) is 1. The number of hydrogen-bond donors (Lipinski definition) is 1. The Morgan fingerprint density at radius 1 is 1.43 bits per heavy atom. The van der Waals surface area contributed by atoms with Gasteiger partial charge in [0.15, 0.2) is 0 Å². The summed E-state index contributed by atoms with van der Waals surface area (Å²) in [5, 5.41) is 4.25. The Morgan fingerprint density at radius 3 is 2.86 bits per heavy atom. The first-order valence-electron chi connectivity index (χ1n) is 5.09. The van der Waals surface area contributed by atoms with Crippen LogP contribution in [-0.4, -0.2) is 17.8 Å². The normalized spacial score (nSPS) is 10.4. The number of hydrogen-bond acceptors (Lipinski definition) is 3. The van der Waals surface area contributed by atoms with Crippen molar-refractivity contribution in [1.29, 1.82) is 0 Å². The number of rotatable bonds is 6. The van der Waals surface area contributed by atoms with Gasteiger partial charge in [0.25, 0.3) is 0 Å². The molecule has 1 heterocycles. The minimum atomic E-state index is 0.896. The summed E-state index contributed by atoms with van der Waals surface area (Å²) in [5.41, 5.74) is 1.24. The van der Waals surface area contributed by atoms with E-state index in [9.17, 15) is 0 Å². The van der Waals surface area contributed by atoms with Crippen molar-refractivity contribution in [2.75, 3.05) is 12.8 Å². The minimum absolute atomic E-state index is 0.896. The van der Waals surface area contributed by atoms with Gasteiger partial charge in [0.1, 0.15) is 0 Å². The van der Waals surface area contributed by atoms with Crippen LogP contribution in [0.5, 0.6) is 0 Å². The van der Waals surface area contributed by atoms with Crippen LogP contribution in [0.25, 0.3) is 0 Å². The van der Waals surface area contributed by atoms with Crippen LogP contribution in [0.15, 0.2) is 23.4 Å². The van der Waals surface area contributed by atoms with E-state index in [-0.39, 0.29) is 0 Å². The van der Waals surface area contributed by atoms with Crippen LogP contribution >= 0.6 is 11.8 Å². The summed E-state index contributed by atoms with van der Waals surface area (Å²) in [5.74, 6) is 1.18. The maximum absolute atomic E-state index is 4.39. The Hall–Kier alpha value is -0.540. The van der Waals surface area contributed by atoms with Gasteiger partial charge in [0.05, 0.1) is 5.03 Å². The Kier molecular flexibility index (Phi) is 5.64. The zero-order valence-corrected chi connectivity index (χ0v) is 9.73. The summed E-state index contributed by atoms with van der Waals surface area (Å²) in [6.45, 7) is 3.11. The van der Waals surface area contributed by atoms with Crippen LogP contribution in [0.2, 0.25) is 0 Å². The van der Waals surface area contributed by atoms with Crippen molar-refractivity contribution < 1.29 is 0 Å². The third kappa shape index (κ3) is 4.11. The van der Waals surface area contributed by atoms with E-state index in [1.54, 1.807) is 0 Å². The summed E-state index contributed by atoms with van der Waals surface area (Å²) in [4.78, 5) is 4.39. The highest BCUT2D eigenvalue weighted by Gasteiger charge is 1.95. The molecule has 3 heteroatoms. The molecule has 0 aliphatic carbocycles.